The third kappa shape index (κ3) is 2.71. The Morgan fingerprint density at radius 1 is 1.50 bits per heavy atom. The van der Waals surface area contributed by atoms with Gasteiger partial charge in [-0.3, -0.25) is 9.67 Å². The van der Waals surface area contributed by atoms with Crippen LogP contribution in [0.2, 0.25) is 5.02 Å². The SMILES string of the molecule is CCc1cc(CC(N)c2ncccc2Cl)n(C)n1. The number of nitrogens with two attached hydrogens (primary N) is 1. The van der Waals surface area contributed by atoms with E-state index in [-0.39, 0.29) is 6.04 Å². The minimum Gasteiger partial charge on any atom is -0.322 e. The summed E-state index contributed by atoms with van der Waals surface area (Å²) in [5, 5.41) is 5.02. The smallest absolute Gasteiger partial charge is 0.0760 e. The highest BCUT2D eigenvalue weighted by Gasteiger charge is 2.14. The van der Waals surface area contributed by atoms with Crippen molar-refractivity contribution in [3.63, 3.8) is 0 Å². The van der Waals surface area contributed by atoms with Gasteiger partial charge >= 0.3 is 0 Å². The second-order valence-electron chi connectivity index (χ2n) is 4.29. The Morgan fingerprint density at radius 2 is 2.28 bits per heavy atom. The molecule has 2 rings (SSSR count). The first-order chi connectivity index (χ1) is 8.61. The second kappa shape index (κ2) is 5.50. The Hall–Kier alpha value is -1.39. The van der Waals surface area contributed by atoms with Gasteiger partial charge in [-0.05, 0) is 24.6 Å². The van der Waals surface area contributed by atoms with E-state index in [9.17, 15) is 0 Å². The van der Waals surface area contributed by atoms with Crippen molar-refractivity contribution in [2.75, 3.05) is 0 Å². The van der Waals surface area contributed by atoms with E-state index in [1.807, 2.05) is 17.8 Å². The summed E-state index contributed by atoms with van der Waals surface area (Å²) in [6.07, 6.45) is 3.31. The van der Waals surface area contributed by atoms with Crippen molar-refractivity contribution in [2.24, 2.45) is 12.8 Å². The number of nitrogens with zero attached hydrogens (tertiary/aromatic N) is 3. The number of aromatic nitrogens is 3. The van der Waals surface area contributed by atoms with Gasteiger partial charge in [-0.25, -0.2) is 0 Å². The van der Waals surface area contributed by atoms with Gasteiger partial charge in [0.2, 0.25) is 0 Å². The van der Waals surface area contributed by atoms with E-state index in [0.717, 1.165) is 23.5 Å². The maximum Gasteiger partial charge on any atom is 0.0760 e. The van der Waals surface area contributed by atoms with E-state index in [4.69, 9.17) is 17.3 Å². The van der Waals surface area contributed by atoms with Crippen LogP contribution in [0.5, 0.6) is 0 Å². The lowest BCUT2D eigenvalue weighted by atomic mass is 10.1. The molecular formula is C13H17ClN4. The van der Waals surface area contributed by atoms with E-state index in [1.54, 1.807) is 12.3 Å². The lowest BCUT2D eigenvalue weighted by Crippen LogP contribution is -2.17. The highest BCUT2D eigenvalue weighted by Crippen LogP contribution is 2.21. The number of hydrogen-bond acceptors (Lipinski definition) is 3. The summed E-state index contributed by atoms with van der Waals surface area (Å²) in [4.78, 5) is 4.24. The summed E-state index contributed by atoms with van der Waals surface area (Å²) < 4.78 is 1.87. The maximum atomic E-state index is 6.16. The predicted octanol–water partition coefficient (Wildman–Crippen LogP) is 2.27. The lowest BCUT2D eigenvalue weighted by molar-refractivity contribution is 0.627. The molecule has 0 fully saturated rings. The normalized spacial score (nSPS) is 12.7. The highest BCUT2D eigenvalue weighted by molar-refractivity contribution is 6.31. The maximum absolute atomic E-state index is 6.16. The molecule has 0 aromatic carbocycles. The molecule has 5 heteroatoms. The summed E-state index contributed by atoms with van der Waals surface area (Å²) in [6.45, 7) is 2.08. The third-order valence-corrected chi connectivity index (χ3v) is 3.28. The molecular weight excluding hydrogens is 248 g/mol. The van der Waals surface area contributed by atoms with Crippen molar-refractivity contribution in [1.29, 1.82) is 0 Å². The summed E-state index contributed by atoms with van der Waals surface area (Å²) in [5.74, 6) is 0. The van der Waals surface area contributed by atoms with Crippen molar-refractivity contribution < 1.29 is 0 Å². The highest BCUT2D eigenvalue weighted by atomic mass is 35.5. The first-order valence-corrected chi connectivity index (χ1v) is 6.37. The van der Waals surface area contributed by atoms with Crippen molar-refractivity contribution in [1.82, 2.24) is 14.8 Å². The Bertz CT molecular complexity index is 536. The molecule has 0 aliphatic rings. The molecule has 1 unspecified atom stereocenters. The van der Waals surface area contributed by atoms with Gasteiger partial charge in [-0.15, -0.1) is 0 Å². The molecule has 2 aromatic rings. The second-order valence-corrected chi connectivity index (χ2v) is 4.69. The summed E-state index contributed by atoms with van der Waals surface area (Å²) in [5.41, 5.74) is 9.07. The molecule has 0 saturated carbocycles. The van der Waals surface area contributed by atoms with E-state index in [0.29, 0.717) is 11.4 Å². The van der Waals surface area contributed by atoms with E-state index in [1.165, 1.54) is 0 Å². The van der Waals surface area contributed by atoms with E-state index < -0.39 is 0 Å². The molecule has 0 saturated heterocycles. The number of halogens is 1. The van der Waals surface area contributed by atoms with Crippen molar-refractivity contribution >= 4 is 11.6 Å². The van der Waals surface area contributed by atoms with Crippen LogP contribution >= 0.6 is 11.6 Å². The van der Waals surface area contributed by atoms with Crippen LogP contribution in [-0.4, -0.2) is 14.8 Å². The van der Waals surface area contributed by atoms with Gasteiger partial charge in [0, 0.05) is 25.4 Å². The number of rotatable bonds is 4. The molecule has 4 nitrogen and oxygen atoms in total. The Balaban J connectivity index is 2.18. The molecule has 2 heterocycles. The van der Waals surface area contributed by atoms with Gasteiger partial charge < -0.3 is 5.73 Å². The number of pyridine rings is 1. The molecule has 0 spiro atoms. The Labute approximate surface area is 112 Å². The van der Waals surface area contributed by atoms with Gasteiger partial charge in [0.1, 0.15) is 0 Å². The summed E-state index contributed by atoms with van der Waals surface area (Å²) in [7, 11) is 1.93. The van der Waals surface area contributed by atoms with Gasteiger partial charge in [0.15, 0.2) is 0 Å². The van der Waals surface area contributed by atoms with Crippen LogP contribution in [0.15, 0.2) is 24.4 Å². The molecule has 96 valence electrons. The molecule has 0 bridgehead atoms. The minimum absolute atomic E-state index is 0.209. The molecule has 1 atom stereocenters. The van der Waals surface area contributed by atoms with E-state index in [2.05, 4.69) is 23.1 Å². The minimum atomic E-state index is -0.209. The first kappa shape index (κ1) is 13.1. The molecule has 0 amide bonds. The van der Waals surface area contributed by atoms with Gasteiger partial charge in [-0.2, -0.15) is 5.10 Å². The zero-order valence-electron chi connectivity index (χ0n) is 10.6. The van der Waals surface area contributed by atoms with Crippen LogP contribution < -0.4 is 5.73 Å². The van der Waals surface area contributed by atoms with Crippen molar-refractivity contribution in [3.05, 3.63) is 46.5 Å². The van der Waals surface area contributed by atoms with Crippen LogP contribution in [0.3, 0.4) is 0 Å². The topological polar surface area (TPSA) is 56.7 Å². The fourth-order valence-electron chi connectivity index (χ4n) is 1.93. The van der Waals surface area contributed by atoms with Crippen LogP contribution in [-0.2, 0) is 19.9 Å². The van der Waals surface area contributed by atoms with Crippen molar-refractivity contribution in [2.45, 2.75) is 25.8 Å². The zero-order valence-corrected chi connectivity index (χ0v) is 11.4. The van der Waals surface area contributed by atoms with Crippen molar-refractivity contribution in [3.8, 4) is 0 Å². The fourth-order valence-corrected chi connectivity index (χ4v) is 2.19. The van der Waals surface area contributed by atoms with Gasteiger partial charge in [0.05, 0.1) is 22.5 Å². The Kier molecular flexibility index (Phi) is 3.99. The average Bonchev–Trinajstić information content (AvgIpc) is 2.70. The first-order valence-electron chi connectivity index (χ1n) is 5.99. The molecule has 0 aliphatic carbocycles. The van der Waals surface area contributed by atoms with Gasteiger partial charge in [-0.1, -0.05) is 18.5 Å². The zero-order chi connectivity index (χ0) is 13.1. The molecule has 18 heavy (non-hydrogen) atoms. The monoisotopic (exact) mass is 264 g/mol. The third-order valence-electron chi connectivity index (χ3n) is 2.96. The molecule has 0 radical (unpaired) electrons. The largest absolute Gasteiger partial charge is 0.322 e. The quantitative estimate of drug-likeness (QED) is 0.922. The summed E-state index contributed by atoms with van der Waals surface area (Å²) >= 11 is 6.09. The molecule has 2 N–H and O–H groups in total. The lowest BCUT2D eigenvalue weighted by Gasteiger charge is -2.12. The predicted molar refractivity (Wildman–Crippen MR) is 72.5 cm³/mol. The van der Waals surface area contributed by atoms with Crippen LogP contribution in [0.25, 0.3) is 0 Å². The van der Waals surface area contributed by atoms with Crippen LogP contribution in [0.1, 0.15) is 30.0 Å². The van der Waals surface area contributed by atoms with Gasteiger partial charge in [0.25, 0.3) is 0 Å². The standard InChI is InChI=1S/C13H17ClN4/c1-3-9-7-10(18(2)17-9)8-12(15)13-11(14)5-4-6-16-13/h4-7,12H,3,8,15H2,1-2H3. The number of aryl methyl sites for hydroxylation is 2. The van der Waals surface area contributed by atoms with Crippen LogP contribution in [0.4, 0.5) is 0 Å². The summed E-state index contributed by atoms with van der Waals surface area (Å²) in [6, 6.07) is 5.48. The average molecular weight is 265 g/mol. The van der Waals surface area contributed by atoms with Crippen LogP contribution in [0, 0.1) is 0 Å². The Morgan fingerprint density at radius 3 is 2.89 bits per heavy atom. The number of hydrogen-bond donors (Lipinski definition) is 1. The molecule has 2 aromatic heterocycles. The van der Waals surface area contributed by atoms with E-state index >= 15 is 0 Å². The fraction of sp³-hybridized carbons (Fsp3) is 0.385. The molecule has 0 aliphatic heterocycles.